The van der Waals surface area contributed by atoms with Gasteiger partial charge in [0, 0.05) is 7.11 Å². The first-order chi connectivity index (χ1) is 9.11. The van der Waals surface area contributed by atoms with E-state index >= 15 is 0 Å². The second kappa shape index (κ2) is 6.51. The van der Waals surface area contributed by atoms with Crippen LogP contribution in [-0.2, 0) is 16.1 Å². The maximum Gasteiger partial charge on any atom is 0.154 e. The van der Waals surface area contributed by atoms with Gasteiger partial charge in [0.05, 0.1) is 12.7 Å². The summed E-state index contributed by atoms with van der Waals surface area (Å²) in [5.74, 6) is 0. The van der Waals surface area contributed by atoms with E-state index in [2.05, 4.69) is 19.1 Å². The number of hydrogen-bond donors (Lipinski definition) is 1. The fourth-order valence-corrected chi connectivity index (χ4v) is 2.74. The van der Waals surface area contributed by atoms with Crippen LogP contribution in [0.3, 0.4) is 0 Å². The van der Waals surface area contributed by atoms with Crippen molar-refractivity contribution >= 4 is 0 Å². The molecule has 1 atom stereocenters. The molecule has 3 heteroatoms. The fourth-order valence-electron chi connectivity index (χ4n) is 2.74. The zero-order valence-corrected chi connectivity index (χ0v) is 11.8. The molecule has 1 aromatic carbocycles. The molecule has 19 heavy (non-hydrogen) atoms. The molecule has 0 aromatic heterocycles. The zero-order chi connectivity index (χ0) is 13.7. The molecule has 1 saturated carbocycles. The van der Waals surface area contributed by atoms with Crippen molar-refractivity contribution in [1.82, 2.24) is 0 Å². The quantitative estimate of drug-likeness (QED) is 0.769. The third kappa shape index (κ3) is 4.30. The van der Waals surface area contributed by atoms with Crippen LogP contribution in [0.2, 0.25) is 0 Å². The molecule has 1 aromatic rings. The van der Waals surface area contributed by atoms with Crippen molar-refractivity contribution in [2.75, 3.05) is 7.11 Å². The summed E-state index contributed by atoms with van der Waals surface area (Å²) in [7, 11) is 1.54. The Hall–Kier alpha value is -0.900. The minimum Gasteiger partial charge on any atom is -0.374 e. The summed E-state index contributed by atoms with van der Waals surface area (Å²) in [4.78, 5) is 0. The van der Waals surface area contributed by atoms with Gasteiger partial charge in [-0.1, -0.05) is 37.3 Å². The molecule has 1 aliphatic rings. The lowest BCUT2D eigenvalue weighted by Gasteiger charge is -2.45. The SMILES string of the molecule is CO[C@H](O)CCC1(C)CC(OCc2ccccc2)C1. The molecule has 0 aliphatic heterocycles. The molecule has 0 spiro atoms. The lowest BCUT2D eigenvalue weighted by Crippen LogP contribution is -2.40. The number of benzene rings is 1. The maximum atomic E-state index is 9.41. The van der Waals surface area contributed by atoms with Gasteiger partial charge in [0.25, 0.3) is 0 Å². The van der Waals surface area contributed by atoms with Gasteiger partial charge in [0.15, 0.2) is 6.29 Å². The summed E-state index contributed by atoms with van der Waals surface area (Å²) in [5.41, 5.74) is 1.53. The van der Waals surface area contributed by atoms with Crippen molar-refractivity contribution in [2.24, 2.45) is 5.41 Å². The summed E-state index contributed by atoms with van der Waals surface area (Å²) in [5, 5.41) is 9.41. The predicted octanol–water partition coefficient (Wildman–Crippen LogP) is 3.12. The monoisotopic (exact) mass is 264 g/mol. The van der Waals surface area contributed by atoms with E-state index in [9.17, 15) is 5.11 Å². The van der Waals surface area contributed by atoms with Crippen LogP contribution in [0.4, 0.5) is 0 Å². The molecule has 1 N–H and O–H groups in total. The van der Waals surface area contributed by atoms with Crippen LogP contribution < -0.4 is 0 Å². The van der Waals surface area contributed by atoms with E-state index < -0.39 is 6.29 Å². The van der Waals surface area contributed by atoms with E-state index in [-0.39, 0.29) is 0 Å². The first-order valence-corrected chi connectivity index (χ1v) is 6.98. The minimum atomic E-state index is -0.624. The van der Waals surface area contributed by atoms with Crippen molar-refractivity contribution < 1.29 is 14.6 Å². The van der Waals surface area contributed by atoms with Crippen LogP contribution in [0.5, 0.6) is 0 Å². The molecule has 0 amide bonds. The standard InChI is InChI=1S/C16H24O3/c1-16(9-8-15(17)18-2)10-14(11-16)19-12-13-6-4-3-5-7-13/h3-7,14-15,17H,8-12H2,1-2H3/t14?,15-,16?/m0/s1. The third-order valence-corrected chi connectivity index (χ3v) is 4.04. The van der Waals surface area contributed by atoms with Crippen molar-refractivity contribution in [2.45, 2.75) is 51.6 Å². The predicted molar refractivity (Wildman–Crippen MR) is 74.6 cm³/mol. The molecule has 0 bridgehead atoms. The van der Waals surface area contributed by atoms with E-state index in [1.165, 1.54) is 5.56 Å². The molecule has 1 aliphatic carbocycles. The summed E-state index contributed by atoms with van der Waals surface area (Å²) in [6.07, 6.45) is 3.60. The Kier molecular flexibility index (Phi) is 4.97. The van der Waals surface area contributed by atoms with Crippen molar-refractivity contribution in [3.8, 4) is 0 Å². The molecule has 106 valence electrons. The van der Waals surface area contributed by atoms with Crippen LogP contribution in [0.15, 0.2) is 30.3 Å². The second-order valence-corrected chi connectivity index (χ2v) is 5.87. The molecule has 0 heterocycles. The highest BCUT2D eigenvalue weighted by Crippen LogP contribution is 2.46. The molecule has 0 saturated heterocycles. The van der Waals surface area contributed by atoms with E-state index in [0.717, 1.165) is 19.3 Å². The van der Waals surface area contributed by atoms with Gasteiger partial charge < -0.3 is 14.6 Å². The Morgan fingerprint density at radius 3 is 2.63 bits per heavy atom. The number of aliphatic hydroxyl groups excluding tert-OH is 1. The second-order valence-electron chi connectivity index (χ2n) is 5.87. The molecule has 2 rings (SSSR count). The highest BCUT2D eigenvalue weighted by molar-refractivity contribution is 5.13. The third-order valence-electron chi connectivity index (χ3n) is 4.04. The highest BCUT2D eigenvalue weighted by Gasteiger charge is 2.40. The van der Waals surface area contributed by atoms with Crippen molar-refractivity contribution in [3.63, 3.8) is 0 Å². The van der Waals surface area contributed by atoms with Gasteiger partial charge in [0.2, 0.25) is 0 Å². The van der Waals surface area contributed by atoms with Gasteiger partial charge in [0.1, 0.15) is 0 Å². The summed E-state index contributed by atoms with van der Waals surface area (Å²) >= 11 is 0. The maximum absolute atomic E-state index is 9.41. The number of hydrogen-bond acceptors (Lipinski definition) is 3. The number of aliphatic hydroxyl groups is 1. The summed E-state index contributed by atoms with van der Waals surface area (Å²) < 4.78 is 10.8. The largest absolute Gasteiger partial charge is 0.374 e. The first-order valence-electron chi connectivity index (χ1n) is 6.98. The normalized spacial score (nSPS) is 27.8. The minimum absolute atomic E-state index is 0.306. The zero-order valence-electron chi connectivity index (χ0n) is 11.8. The van der Waals surface area contributed by atoms with Crippen LogP contribution in [-0.4, -0.2) is 24.6 Å². The van der Waals surface area contributed by atoms with Gasteiger partial charge in [-0.2, -0.15) is 0 Å². The summed E-state index contributed by atoms with van der Waals surface area (Å²) in [6.45, 7) is 2.96. The fraction of sp³-hybridized carbons (Fsp3) is 0.625. The van der Waals surface area contributed by atoms with Crippen LogP contribution in [0.25, 0.3) is 0 Å². The lowest BCUT2D eigenvalue weighted by atomic mass is 9.65. The molecular formula is C16H24O3. The van der Waals surface area contributed by atoms with E-state index in [1.54, 1.807) is 7.11 Å². The molecule has 0 radical (unpaired) electrons. The average Bonchev–Trinajstić information content (AvgIpc) is 2.41. The number of methoxy groups -OCH3 is 1. The Morgan fingerprint density at radius 2 is 2.00 bits per heavy atom. The molecule has 1 fully saturated rings. The Labute approximate surface area is 115 Å². The number of ether oxygens (including phenoxy) is 2. The van der Waals surface area contributed by atoms with E-state index in [1.807, 2.05) is 18.2 Å². The van der Waals surface area contributed by atoms with Gasteiger partial charge >= 0.3 is 0 Å². The van der Waals surface area contributed by atoms with Crippen molar-refractivity contribution in [3.05, 3.63) is 35.9 Å². The smallest absolute Gasteiger partial charge is 0.154 e. The molecule has 0 unspecified atom stereocenters. The van der Waals surface area contributed by atoms with E-state index in [4.69, 9.17) is 9.47 Å². The van der Waals surface area contributed by atoms with Crippen molar-refractivity contribution in [1.29, 1.82) is 0 Å². The number of rotatable bonds is 7. The topological polar surface area (TPSA) is 38.7 Å². The van der Waals surface area contributed by atoms with Gasteiger partial charge in [-0.05, 0) is 36.7 Å². The first kappa shape index (κ1) is 14.5. The van der Waals surface area contributed by atoms with Crippen LogP contribution in [0.1, 0.15) is 38.2 Å². The van der Waals surface area contributed by atoms with Gasteiger partial charge in [-0.25, -0.2) is 0 Å². The lowest BCUT2D eigenvalue weighted by molar-refractivity contribution is -0.113. The highest BCUT2D eigenvalue weighted by atomic mass is 16.6. The van der Waals surface area contributed by atoms with E-state index in [0.29, 0.717) is 24.5 Å². The van der Waals surface area contributed by atoms with Gasteiger partial charge in [-0.3, -0.25) is 0 Å². The summed E-state index contributed by atoms with van der Waals surface area (Å²) in [6, 6.07) is 10.3. The molecule has 3 nitrogen and oxygen atoms in total. The van der Waals surface area contributed by atoms with Gasteiger partial charge in [-0.15, -0.1) is 0 Å². The van der Waals surface area contributed by atoms with Crippen LogP contribution in [0, 0.1) is 5.41 Å². The van der Waals surface area contributed by atoms with Crippen LogP contribution >= 0.6 is 0 Å². The molecular weight excluding hydrogens is 240 g/mol. The average molecular weight is 264 g/mol. The Balaban J connectivity index is 1.65. The Bertz CT molecular complexity index is 371. The Morgan fingerprint density at radius 1 is 1.32 bits per heavy atom.